The zero-order valence-corrected chi connectivity index (χ0v) is 16.2. The SMILES string of the molecule is COc1ccc(C2c3cc4c(cc3N=C3COC(=O)C32)OCO4)c(OC)c1OC. The number of benzene rings is 2. The predicted octanol–water partition coefficient (Wildman–Crippen LogP) is 2.83. The van der Waals surface area contributed by atoms with E-state index >= 15 is 0 Å². The molecule has 0 saturated carbocycles. The Morgan fingerprint density at radius 2 is 1.66 bits per heavy atom. The van der Waals surface area contributed by atoms with Crippen LogP contribution in [0.2, 0.25) is 0 Å². The second kappa shape index (κ2) is 6.58. The average molecular weight is 397 g/mol. The van der Waals surface area contributed by atoms with E-state index in [0.717, 1.165) is 16.8 Å². The molecular formula is C21H19NO7. The number of hydrogen-bond donors (Lipinski definition) is 0. The van der Waals surface area contributed by atoms with Gasteiger partial charge in [-0.05, 0) is 17.7 Å². The molecule has 29 heavy (non-hydrogen) atoms. The molecule has 0 spiro atoms. The minimum absolute atomic E-state index is 0.157. The number of cyclic esters (lactones) is 1. The number of hydrogen-bond acceptors (Lipinski definition) is 8. The van der Waals surface area contributed by atoms with Gasteiger partial charge in [-0.25, -0.2) is 0 Å². The van der Waals surface area contributed by atoms with Crippen molar-refractivity contribution in [2.75, 3.05) is 34.7 Å². The molecule has 0 aliphatic carbocycles. The zero-order valence-electron chi connectivity index (χ0n) is 16.2. The molecule has 0 amide bonds. The van der Waals surface area contributed by atoms with Crippen molar-refractivity contribution in [1.82, 2.24) is 0 Å². The first-order valence-corrected chi connectivity index (χ1v) is 9.12. The number of nitrogens with zero attached hydrogens (tertiary/aromatic N) is 1. The summed E-state index contributed by atoms with van der Waals surface area (Å²) in [5, 5.41) is 0. The van der Waals surface area contributed by atoms with Gasteiger partial charge in [0.15, 0.2) is 23.0 Å². The molecule has 1 fully saturated rings. The van der Waals surface area contributed by atoms with Gasteiger partial charge in [-0.3, -0.25) is 9.79 Å². The van der Waals surface area contributed by atoms with E-state index in [9.17, 15) is 4.79 Å². The number of methoxy groups -OCH3 is 3. The predicted molar refractivity (Wildman–Crippen MR) is 102 cm³/mol. The standard InChI is InChI=1S/C21H19NO7/c1-24-14-5-4-10(19(25-2)20(14)26-3)17-11-6-15-16(29-9-28-15)7-12(11)22-13-8-27-21(23)18(13)17/h4-7,17-18H,8-9H2,1-3H3. The highest BCUT2D eigenvalue weighted by Gasteiger charge is 2.46. The van der Waals surface area contributed by atoms with Gasteiger partial charge in [0.1, 0.15) is 12.5 Å². The van der Waals surface area contributed by atoms with Crippen LogP contribution in [0.5, 0.6) is 28.7 Å². The molecule has 8 nitrogen and oxygen atoms in total. The van der Waals surface area contributed by atoms with E-state index in [0.29, 0.717) is 34.5 Å². The van der Waals surface area contributed by atoms with E-state index in [-0.39, 0.29) is 25.3 Å². The van der Waals surface area contributed by atoms with E-state index in [1.54, 1.807) is 27.4 Å². The Balaban J connectivity index is 1.76. The number of carbonyl (C=O) groups excluding carboxylic acids is 1. The van der Waals surface area contributed by atoms with Gasteiger partial charge in [-0.2, -0.15) is 0 Å². The van der Waals surface area contributed by atoms with Crippen LogP contribution in [0.1, 0.15) is 17.0 Å². The van der Waals surface area contributed by atoms with Crippen molar-refractivity contribution >= 4 is 17.4 Å². The molecular weight excluding hydrogens is 378 g/mol. The number of fused-ring (bicyclic) bond motifs is 3. The maximum absolute atomic E-state index is 12.7. The molecule has 3 heterocycles. The summed E-state index contributed by atoms with van der Waals surface area (Å²) < 4.78 is 33.0. The lowest BCUT2D eigenvalue weighted by Gasteiger charge is -2.29. The van der Waals surface area contributed by atoms with Crippen molar-refractivity contribution in [3.05, 3.63) is 35.4 Å². The minimum Gasteiger partial charge on any atom is -0.493 e. The van der Waals surface area contributed by atoms with Crippen LogP contribution in [-0.4, -0.2) is 46.4 Å². The molecule has 1 saturated heterocycles. The number of esters is 1. The summed E-state index contributed by atoms with van der Waals surface area (Å²) in [6.45, 7) is 0.327. The lowest BCUT2D eigenvalue weighted by Crippen LogP contribution is -2.28. The summed E-state index contributed by atoms with van der Waals surface area (Å²) >= 11 is 0. The Bertz CT molecular complexity index is 1050. The van der Waals surface area contributed by atoms with Crippen molar-refractivity contribution in [3.63, 3.8) is 0 Å². The molecule has 0 aromatic heterocycles. The Morgan fingerprint density at radius 1 is 0.897 bits per heavy atom. The highest BCUT2D eigenvalue weighted by atomic mass is 16.7. The van der Waals surface area contributed by atoms with Gasteiger partial charge in [-0.1, -0.05) is 6.07 Å². The first kappa shape index (κ1) is 17.7. The summed E-state index contributed by atoms with van der Waals surface area (Å²) in [6, 6.07) is 7.40. The van der Waals surface area contributed by atoms with Gasteiger partial charge in [0.2, 0.25) is 12.5 Å². The number of carbonyl (C=O) groups is 1. The fourth-order valence-electron chi connectivity index (χ4n) is 4.23. The molecule has 2 unspecified atom stereocenters. The zero-order chi connectivity index (χ0) is 20.1. The van der Waals surface area contributed by atoms with Crippen LogP contribution < -0.4 is 23.7 Å². The summed E-state index contributed by atoms with van der Waals surface area (Å²) in [5.74, 6) is 1.53. The molecule has 2 aromatic rings. The monoisotopic (exact) mass is 397 g/mol. The average Bonchev–Trinajstić information content (AvgIpc) is 3.35. The lowest BCUT2D eigenvalue weighted by molar-refractivity contribution is -0.141. The van der Waals surface area contributed by atoms with Gasteiger partial charge in [0, 0.05) is 17.5 Å². The molecule has 2 atom stereocenters. The third kappa shape index (κ3) is 2.52. The second-order valence-corrected chi connectivity index (χ2v) is 6.85. The van der Waals surface area contributed by atoms with Crippen LogP contribution in [0.25, 0.3) is 0 Å². The summed E-state index contributed by atoms with van der Waals surface area (Å²) in [4.78, 5) is 17.3. The topological polar surface area (TPSA) is 84.8 Å². The van der Waals surface area contributed by atoms with Crippen molar-refractivity contribution in [3.8, 4) is 28.7 Å². The van der Waals surface area contributed by atoms with E-state index in [1.807, 2.05) is 18.2 Å². The third-order valence-corrected chi connectivity index (χ3v) is 5.50. The van der Waals surface area contributed by atoms with Gasteiger partial charge in [-0.15, -0.1) is 0 Å². The van der Waals surface area contributed by atoms with Crippen molar-refractivity contribution in [1.29, 1.82) is 0 Å². The van der Waals surface area contributed by atoms with Crippen LogP contribution in [0.3, 0.4) is 0 Å². The molecule has 0 N–H and O–H groups in total. The maximum Gasteiger partial charge on any atom is 0.316 e. The van der Waals surface area contributed by atoms with Crippen LogP contribution in [-0.2, 0) is 9.53 Å². The number of ether oxygens (including phenoxy) is 6. The third-order valence-electron chi connectivity index (χ3n) is 5.50. The van der Waals surface area contributed by atoms with E-state index in [1.165, 1.54) is 0 Å². The summed E-state index contributed by atoms with van der Waals surface area (Å²) in [7, 11) is 4.67. The lowest BCUT2D eigenvalue weighted by atomic mass is 9.76. The Labute approximate surface area is 166 Å². The van der Waals surface area contributed by atoms with Crippen LogP contribution >= 0.6 is 0 Å². The molecule has 5 rings (SSSR count). The molecule has 2 aromatic carbocycles. The quantitative estimate of drug-likeness (QED) is 0.734. The van der Waals surface area contributed by atoms with Gasteiger partial charge < -0.3 is 28.4 Å². The Morgan fingerprint density at radius 3 is 2.38 bits per heavy atom. The summed E-state index contributed by atoms with van der Waals surface area (Å²) in [5.41, 5.74) is 3.03. The van der Waals surface area contributed by atoms with Crippen molar-refractivity contribution in [2.45, 2.75) is 5.92 Å². The highest BCUT2D eigenvalue weighted by Crippen LogP contribution is 2.53. The molecule has 0 bridgehead atoms. The molecule has 0 radical (unpaired) electrons. The van der Waals surface area contributed by atoms with E-state index in [4.69, 9.17) is 28.4 Å². The summed E-state index contributed by atoms with van der Waals surface area (Å²) in [6.07, 6.45) is 0. The highest BCUT2D eigenvalue weighted by molar-refractivity contribution is 6.11. The van der Waals surface area contributed by atoms with Crippen LogP contribution in [0.15, 0.2) is 29.3 Å². The number of aliphatic imine (C=N–C) groups is 1. The number of rotatable bonds is 4. The molecule has 8 heteroatoms. The Hall–Kier alpha value is -3.42. The van der Waals surface area contributed by atoms with Crippen LogP contribution in [0.4, 0.5) is 5.69 Å². The maximum atomic E-state index is 12.7. The molecule has 3 aliphatic heterocycles. The van der Waals surface area contributed by atoms with Gasteiger partial charge in [0.05, 0.1) is 32.7 Å². The fraction of sp³-hybridized carbons (Fsp3) is 0.333. The fourth-order valence-corrected chi connectivity index (χ4v) is 4.23. The molecule has 150 valence electrons. The van der Waals surface area contributed by atoms with Gasteiger partial charge in [0.25, 0.3) is 0 Å². The van der Waals surface area contributed by atoms with Crippen molar-refractivity contribution < 1.29 is 33.2 Å². The van der Waals surface area contributed by atoms with Crippen LogP contribution in [0, 0.1) is 5.92 Å². The minimum atomic E-state index is -0.546. The van der Waals surface area contributed by atoms with E-state index < -0.39 is 5.92 Å². The molecule has 3 aliphatic rings. The normalized spacial score (nSPS) is 21.1. The first-order valence-electron chi connectivity index (χ1n) is 9.12. The van der Waals surface area contributed by atoms with E-state index in [2.05, 4.69) is 4.99 Å². The Kier molecular flexibility index (Phi) is 4.01. The first-order chi connectivity index (χ1) is 14.2. The largest absolute Gasteiger partial charge is 0.493 e. The second-order valence-electron chi connectivity index (χ2n) is 6.85. The van der Waals surface area contributed by atoms with Gasteiger partial charge >= 0.3 is 5.97 Å². The van der Waals surface area contributed by atoms with Crippen molar-refractivity contribution in [2.24, 2.45) is 10.9 Å². The smallest absolute Gasteiger partial charge is 0.316 e.